The third kappa shape index (κ3) is 15.7. The van der Waals surface area contributed by atoms with Crippen LogP contribution in [0, 0.1) is 20.8 Å². The minimum Gasteiger partial charge on any atom is -0.508 e. The number of hydrogen-bond acceptors (Lipinski definition) is 9. The molecule has 0 saturated carbocycles. The number of fused-ring (bicyclic) bond motifs is 3. The molecule has 18 heteroatoms. The summed E-state index contributed by atoms with van der Waals surface area (Å²) >= 11 is 0. The lowest BCUT2D eigenvalue weighted by Crippen LogP contribution is -2.45. The molecule has 0 aliphatic heterocycles. The molecule has 6 amide bonds. The second-order valence-corrected chi connectivity index (χ2v) is 24.6. The molecule has 0 aliphatic carbocycles. The van der Waals surface area contributed by atoms with Crippen molar-refractivity contribution in [2.24, 2.45) is 0 Å². The molecular formula is C79H73N9O9. The largest absolute Gasteiger partial charge is 0.508 e. The van der Waals surface area contributed by atoms with Crippen LogP contribution in [0.1, 0.15) is 73.1 Å². The summed E-state index contributed by atoms with van der Waals surface area (Å²) in [5.41, 5.74) is 13.7. The zero-order chi connectivity index (χ0) is 67.7. The van der Waals surface area contributed by atoms with Gasteiger partial charge in [0.05, 0.1) is 19.3 Å². The highest BCUT2D eigenvalue weighted by Gasteiger charge is 2.28. The average molecular weight is 1290 g/mol. The Balaban J connectivity index is 0.806. The molecule has 0 unspecified atom stereocenters. The molecule has 3 atom stereocenters. The molecule has 9 aromatic carbocycles. The number of rotatable bonds is 24. The fraction of sp³-hybridized carbons (Fsp3) is 0.165. The van der Waals surface area contributed by atoms with Crippen molar-refractivity contribution < 1.29 is 44.1 Å². The van der Waals surface area contributed by atoms with Crippen molar-refractivity contribution in [1.82, 2.24) is 30.9 Å². The standard InChI is InChI=1S/C79H73N9O9/c1-46-64(61-10-4-7-13-67(61)80-46)43-73(92)86-70(40-49-16-34-58(89)35-17-49)77(95)83-55-28-22-52(23-29-55)76(53-24-30-56(31-25-53)84-78(96)71(41-50-18-36-59(90)37-19-50)87-74(93)44-65-47(2)81-68-14-8-5-11-62(65)68)54-26-32-57(33-27-54)85-79(97)72(42-51-20-38-60(91)39-21-51)88-75(94)45-66-48(3)82-69-15-9-6-12-63(66)69/h4-39,70-72,76,80-82,89-91H,40-45H2,1-3H3,(H,83,95)(H,84,96)(H,85,97)(H,86,92)(H,87,93)(H,88,94)/t70-,71-,72-/m0/s1. The zero-order valence-corrected chi connectivity index (χ0v) is 53.6. The number of phenolic OH excluding ortho intramolecular Hbond substituents is 3. The van der Waals surface area contributed by atoms with Crippen LogP contribution in [0.5, 0.6) is 17.2 Å². The van der Waals surface area contributed by atoms with E-state index in [1.807, 2.05) is 130 Å². The Bertz CT molecular complexity index is 4360. The number of para-hydroxylation sites is 3. The number of anilines is 3. The van der Waals surface area contributed by atoms with Gasteiger partial charge in [-0.05, 0) is 162 Å². The van der Waals surface area contributed by atoms with Crippen LogP contribution in [-0.4, -0.2) is 83.8 Å². The maximum atomic E-state index is 14.4. The van der Waals surface area contributed by atoms with E-state index in [4.69, 9.17) is 0 Å². The van der Waals surface area contributed by atoms with E-state index in [1.165, 1.54) is 36.4 Å². The molecule has 97 heavy (non-hydrogen) atoms. The van der Waals surface area contributed by atoms with Gasteiger partial charge in [0.2, 0.25) is 35.4 Å². The Hall–Kier alpha value is -12.2. The molecule has 488 valence electrons. The zero-order valence-electron chi connectivity index (χ0n) is 53.6. The van der Waals surface area contributed by atoms with E-state index in [0.29, 0.717) is 17.1 Å². The molecule has 0 bridgehead atoms. The van der Waals surface area contributed by atoms with Crippen molar-refractivity contribution in [2.45, 2.75) is 83.3 Å². The predicted octanol–water partition coefficient (Wildman–Crippen LogP) is 12.1. The van der Waals surface area contributed by atoms with Crippen LogP contribution in [-0.2, 0) is 67.3 Å². The highest BCUT2D eigenvalue weighted by Crippen LogP contribution is 2.35. The lowest BCUT2D eigenvalue weighted by molar-refractivity contribution is -0.126. The van der Waals surface area contributed by atoms with Gasteiger partial charge < -0.3 is 62.2 Å². The van der Waals surface area contributed by atoms with E-state index in [-0.39, 0.29) is 73.5 Å². The molecule has 12 rings (SSSR count). The van der Waals surface area contributed by atoms with Crippen molar-refractivity contribution in [3.8, 4) is 17.2 Å². The minimum atomic E-state index is -1.00. The number of benzene rings is 9. The first-order valence-corrected chi connectivity index (χ1v) is 32.1. The van der Waals surface area contributed by atoms with E-state index in [1.54, 1.807) is 72.8 Å². The van der Waals surface area contributed by atoms with Crippen molar-refractivity contribution in [3.05, 3.63) is 286 Å². The van der Waals surface area contributed by atoms with Crippen LogP contribution in [0.2, 0.25) is 0 Å². The molecule has 0 saturated heterocycles. The summed E-state index contributed by atoms with van der Waals surface area (Å²) in [5.74, 6) is -2.68. The number of nitrogens with one attached hydrogen (secondary N) is 9. The third-order valence-electron chi connectivity index (χ3n) is 17.7. The maximum Gasteiger partial charge on any atom is 0.247 e. The monoisotopic (exact) mass is 1290 g/mol. The van der Waals surface area contributed by atoms with Gasteiger partial charge in [-0.3, -0.25) is 28.8 Å². The quantitative estimate of drug-likeness (QED) is 0.0256. The topological polar surface area (TPSA) is 283 Å². The first-order chi connectivity index (χ1) is 46.9. The van der Waals surface area contributed by atoms with Crippen molar-refractivity contribution in [3.63, 3.8) is 0 Å². The molecule has 0 spiro atoms. The summed E-state index contributed by atoms with van der Waals surface area (Å²) in [7, 11) is 0. The van der Waals surface area contributed by atoms with Crippen molar-refractivity contribution in [1.29, 1.82) is 0 Å². The minimum absolute atomic E-state index is 0.0330. The van der Waals surface area contributed by atoms with E-state index in [2.05, 4.69) is 46.9 Å². The molecular weight excluding hydrogens is 1220 g/mol. The first-order valence-electron chi connectivity index (χ1n) is 32.1. The molecule has 3 aromatic heterocycles. The predicted molar refractivity (Wildman–Crippen MR) is 378 cm³/mol. The van der Waals surface area contributed by atoms with Crippen LogP contribution >= 0.6 is 0 Å². The van der Waals surface area contributed by atoms with Gasteiger partial charge in [0.25, 0.3) is 0 Å². The number of carbonyl (C=O) groups excluding carboxylic acids is 6. The lowest BCUT2D eigenvalue weighted by atomic mass is 9.85. The Morgan fingerprint density at radius 3 is 0.835 bits per heavy atom. The van der Waals surface area contributed by atoms with Crippen LogP contribution in [0.4, 0.5) is 17.1 Å². The summed E-state index contributed by atoms with van der Waals surface area (Å²) < 4.78 is 0. The summed E-state index contributed by atoms with van der Waals surface area (Å²) in [5, 5.41) is 51.0. The summed E-state index contributed by atoms with van der Waals surface area (Å²) in [6.45, 7) is 5.74. The molecule has 18 nitrogen and oxygen atoms in total. The Kier molecular flexibility index (Phi) is 19.4. The van der Waals surface area contributed by atoms with Gasteiger partial charge in [0, 0.05) is 92.0 Å². The SMILES string of the molecule is Cc1[nH]c2ccccc2c1CC(=O)N[C@@H](Cc1ccc(O)cc1)C(=O)Nc1ccc(C(c2ccc(NC(=O)[C@H](Cc3ccc(O)cc3)NC(=O)Cc3c(C)[nH]c4ccccc34)cc2)c2ccc(NC(=O)[C@H](Cc3ccc(O)cc3)NC(=O)Cc3c(C)[nH]c4ccccc34)cc2)cc1. The van der Waals surface area contributed by atoms with Crippen LogP contribution < -0.4 is 31.9 Å². The average Bonchev–Trinajstić information content (AvgIpc) is 1.39. The fourth-order valence-corrected chi connectivity index (χ4v) is 12.7. The summed E-state index contributed by atoms with van der Waals surface area (Å²) in [6, 6.07) is 61.7. The Morgan fingerprint density at radius 1 is 0.330 bits per heavy atom. The molecule has 12 aromatic rings. The number of aromatic nitrogens is 3. The number of aromatic hydroxyl groups is 3. The molecule has 0 radical (unpaired) electrons. The van der Waals surface area contributed by atoms with Gasteiger partial charge in [0.15, 0.2) is 0 Å². The number of carbonyl (C=O) groups is 6. The first kappa shape index (κ1) is 64.9. The van der Waals surface area contributed by atoms with E-state index in [0.717, 1.165) is 99.9 Å². The summed E-state index contributed by atoms with van der Waals surface area (Å²) in [6.07, 6.45) is 0.504. The number of hydrogen-bond donors (Lipinski definition) is 12. The highest BCUT2D eigenvalue weighted by atomic mass is 16.3. The Morgan fingerprint density at radius 2 is 0.577 bits per heavy atom. The maximum absolute atomic E-state index is 14.4. The van der Waals surface area contributed by atoms with Gasteiger partial charge in [-0.1, -0.05) is 127 Å². The van der Waals surface area contributed by atoms with E-state index >= 15 is 0 Å². The van der Waals surface area contributed by atoms with Gasteiger partial charge in [-0.15, -0.1) is 0 Å². The van der Waals surface area contributed by atoms with Gasteiger partial charge in [-0.2, -0.15) is 0 Å². The lowest BCUT2D eigenvalue weighted by Gasteiger charge is -2.22. The van der Waals surface area contributed by atoms with Gasteiger partial charge in [0.1, 0.15) is 35.4 Å². The van der Waals surface area contributed by atoms with Crippen molar-refractivity contribution in [2.75, 3.05) is 16.0 Å². The number of aryl methyl sites for hydroxylation is 3. The number of phenols is 3. The fourth-order valence-electron chi connectivity index (χ4n) is 12.7. The van der Waals surface area contributed by atoms with Gasteiger partial charge >= 0.3 is 0 Å². The molecule has 3 heterocycles. The van der Waals surface area contributed by atoms with Gasteiger partial charge in [-0.25, -0.2) is 0 Å². The van der Waals surface area contributed by atoms with E-state index < -0.39 is 41.8 Å². The normalized spacial score (nSPS) is 12.2. The molecule has 12 N–H and O–H groups in total. The highest BCUT2D eigenvalue weighted by molar-refractivity contribution is 6.01. The second-order valence-electron chi connectivity index (χ2n) is 24.6. The Labute approximate surface area is 559 Å². The smallest absolute Gasteiger partial charge is 0.247 e. The summed E-state index contributed by atoms with van der Waals surface area (Å²) in [4.78, 5) is 94.9. The third-order valence-corrected chi connectivity index (χ3v) is 17.7. The number of H-pyrrole nitrogens is 3. The van der Waals surface area contributed by atoms with Crippen LogP contribution in [0.15, 0.2) is 218 Å². The van der Waals surface area contributed by atoms with Crippen LogP contribution in [0.3, 0.4) is 0 Å². The van der Waals surface area contributed by atoms with Crippen LogP contribution in [0.25, 0.3) is 32.7 Å². The number of aromatic amines is 3. The van der Waals surface area contributed by atoms with Crippen molar-refractivity contribution >= 4 is 85.2 Å². The van der Waals surface area contributed by atoms with E-state index in [9.17, 15) is 44.1 Å². The molecule has 0 aliphatic rings. The number of amides is 6. The second kappa shape index (κ2) is 29.0. The molecule has 0 fully saturated rings.